The van der Waals surface area contributed by atoms with Gasteiger partial charge < -0.3 is 9.63 Å². The van der Waals surface area contributed by atoms with E-state index in [9.17, 15) is 5.11 Å². The molecule has 0 spiro atoms. The van der Waals surface area contributed by atoms with E-state index in [1.165, 1.54) is 0 Å². The van der Waals surface area contributed by atoms with E-state index in [0.29, 0.717) is 30.6 Å². The van der Waals surface area contributed by atoms with Crippen molar-refractivity contribution < 1.29 is 9.63 Å². The van der Waals surface area contributed by atoms with Gasteiger partial charge in [-0.1, -0.05) is 17.3 Å². The third-order valence-corrected chi connectivity index (χ3v) is 5.14. The van der Waals surface area contributed by atoms with Crippen molar-refractivity contribution in [2.75, 3.05) is 16.7 Å². The molecule has 0 unspecified atom stereocenters. The Morgan fingerprint density at radius 3 is 2.92 bits per heavy atom. The summed E-state index contributed by atoms with van der Waals surface area (Å²) in [4.78, 5) is 13.3. The minimum atomic E-state index is -0.954. The number of aliphatic imine (C=N–C) groups is 1. The first-order chi connectivity index (χ1) is 12.7. The number of fused-ring (bicyclic) bond motifs is 6. The molecule has 0 amide bonds. The summed E-state index contributed by atoms with van der Waals surface area (Å²) in [6, 6.07) is 8.12. The number of hydrazine groups is 1. The number of hydrogen-bond donors (Lipinski definition) is 1. The molecule has 0 atom stereocenters. The Morgan fingerprint density at radius 1 is 1.23 bits per heavy atom. The van der Waals surface area contributed by atoms with Crippen LogP contribution in [0.25, 0.3) is 5.69 Å². The van der Waals surface area contributed by atoms with Crippen LogP contribution in [-0.4, -0.2) is 37.3 Å². The van der Waals surface area contributed by atoms with E-state index < -0.39 is 5.60 Å². The predicted molar refractivity (Wildman–Crippen MR) is 92.4 cm³/mol. The average molecular weight is 370 g/mol. The van der Waals surface area contributed by atoms with Crippen molar-refractivity contribution in [2.45, 2.75) is 18.4 Å². The Kier molecular flexibility index (Phi) is 2.54. The second-order valence-electron chi connectivity index (χ2n) is 6.50. The summed E-state index contributed by atoms with van der Waals surface area (Å²) >= 11 is 6.32. The molecular weight excluding hydrogens is 358 g/mol. The summed E-state index contributed by atoms with van der Waals surface area (Å²) in [6.45, 7) is 0.312. The molecule has 6 rings (SSSR count). The number of halogens is 1. The molecule has 1 aromatic carbocycles. The van der Waals surface area contributed by atoms with Gasteiger partial charge in [-0.05, 0) is 36.6 Å². The lowest BCUT2D eigenvalue weighted by molar-refractivity contribution is 0.137. The fraction of sp³-hybridized carbons (Fsp3) is 0.250. The number of para-hydroxylation sites is 1. The summed E-state index contributed by atoms with van der Waals surface area (Å²) in [5, 5.41) is 18.1. The van der Waals surface area contributed by atoms with Crippen molar-refractivity contribution in [1.82, 2.24) is 19.7 Å². The van der Waals surface area contributed by atoms with Crippen molar-refractivity contribution in [1.29, 1.82) is 0 Å². The quantitative estimate of drug-likeness (QED) is 0.736. The molecule has 9 nitrogen and oxygen atoms in total. The van der Waals surface area contributed by atoms with Gasteiger partial charge in [-0.2, -0.15) is 4.98 Å². The number of amidine groups is 1. The Labute approximate surface area is 152 Å². The van der Waals surface area contributed by atoms with Crippen molar-refractivity contribution >= 4 is 29.3 Å². The fourth-order valence-corrected chi connectivity index (χ4v) is 3.58. The van der Waals surface area contributed by atoms with E-state index in [4.69, 9.17) is 16.1 Å². The second-order valence-corrected chi connectivity index (χ2v) is 6.84. The maximum absolute atomic E-state index is 10.2. The van der Waals surface area contributed by atoms with Crippen LogP contribution in [0, 0.1) is 0 Å². The van der Waals surface area contributed by atoms with Crippen LogP contribution in [0.5, 0.6) is 0 Å². The number of benzene rings is 1. The SMILES string of the molecule is OC1(c2noc(N3CN=C4c5ccccc5-n5c(cnc5Cl)N43)n2)CC1. The van der Waals surface area contributed by atoms with E-state index in [0.717, 1.165) is 22.9 Å². The van der Waals surface area contributed by atoms with Gasteiger partial charge in [0.25, 0.3) is 0 Å². The number of aromatic nitrogens is 4. The van der Waals surface area contributed by atoms with Gasteiger partial charge in [-0.3, -0.25) is 4.57 Å². The molecule has 4 heterocycles. The van der Waals surface area contributed by atoms with Crippen LogP contribution in [0.15, 0.2) is 40.0 Å². The molecule has 0 radical (unpaired) electrons. The van der Waals surface area contributed by atoms with Crippen molar-refractivity contribution in [3.63, 3.8) is 0 Å². The molecule has 1 saturated carbocycles. The molecule has 1 aliphatic carbocycles. The molecule has 2 aliphatic heterocycles. The number of aliphatic hydroxyl groups is 1. The van der Waals surface area contributed by atoms with Crippen LogP contribution < -0.4 is 10.0 Å². The monoisotopic (exact) mass is 369 g/mol. The first-order valence-electron chi connectivity index (χ1n) is 8.17. The highest BCUT2D eigenvalue weighted by Crippen LogP contribution is 2.44. The van der Waals surface area contributed by atoms with Crippen LogP contribution >= 0.6 is 11.6 Å². The maximum Gasteiger partial charge on any atom is 0.345 e. The molecule has 1 fully saturated rings. The normalized spacial score (nSPS) is 19.1. The van der Waals surface area contributed by atoms with E-state index in [-0.39, 0.29) is 6.01 Å². The average Bonchev–Trinajstić information content (AvgIpc) is 3.06. The zero-order chi connectivity index (χ0) is 17.5. The zero-order valence-electron chi connectivity index (χ0n) is 13.4. The number of imidazole rings is 1. The lowest BCUT2D eigenvalue weighted by Crippen LogP contribution is -2.45. The third kappa shape index (κ3) is 1.73. The predicted octanol–water partition coefficient (Wildman–Crippen LogP) is 1.85. The maximum atomic E-state index is 10.2. The summed E-state index contributed by atoms with van der Waals surface area (Å²) in [5.74, 6) is 1.80. The van der Waals surface area contributed by atoms with E-state index in [1.807, 2.05) is 33.8 Å². The molecule has 3 aliphatic rings. The van der Waals surface area contributed by atoms with Crippen molar-refractivity contribution in [2.24, 2.45) is 4.99 Å². The van der Waals surface area contributed by atoms with E-state index >= 15 is 0 Å². The van der Waals surface area contributed by atoms with Gasteiger partial charge in [0.2, 0.25) is 11.1 Å². The summed E-state index contributed by atoms with van der Waals surface area (Å²) in [5.41, 5.74) is 0.897. The topological polar surface area (TPSA) is 95.8 Å². The molecule has 1 N–H and O–H groups in total. The highest BCUT2D eigenvalue weighted by atomic mass is 35.5. The van der Waals surface area contributed by atoms with Crippen LogP contribution in [0.2, 0.25) is 5.28 Å². The van der Waals surface area contributed by atoms with Gasteiger partial charge in [-0.15, -0.1) is 0 Å². The van der Waals surface area contributed by atoms with E-state index in [1.54, 1.807) is 11.2 Å². The van der Waals surface area contributed by atoms with Crippen LogP contribution in [-0.2, 0) is 5.60 Å². The van der Waals surface area contributed by atoms with Crippen LogP contribution in [0.4, 0.5) is 11.8 Å². The Morgan fingerprint density at radius 2 is 2.08 bits per heavy atom. The number of nitrogens with zero attached hydrogens (tertiary/aromatic N) is 7. The van der Waals surface area contributed by atoms with Gasteiger partial charge in [0.15, 0.2) is 11.7 Å². The number of anilines is 2. The van der Waals surface area contributed by atoms with E-state index in [2.05, 4.69) is 20.1 Å². The number of hydrogen-bond acceptors (Lipinski definition) is 8. The van der Waals surface area contributed by atoms with Gasteiger partial charge in [0, 0.05) is 5.56 Å². The zero-order valence-corrected chi connectivity index (χ0v) is 14.1. The Bertz CT molecular complexity index is 1080. The first-order valence-corrected chi connectivity index (χ1v) is 8.55. The smallest absolute Gasteiger partial charge is 0.345 e. The Hall–Kier alpha value is -2.91. The summed E-state index contributed by atoms with van der Waals surface area (Å²) in [6.07, 6.45) is 2.97. The van der Waals surface area contributed by atoms with Gasteiger partial charge in [0.05, 0.1) is 11.9 Å². The minimum absolute atomic E-state index is 0.266. The molecule has 2 aromatic heterocycles. The molecule has 0 bridgehead atoms. The molecule has 130 valence electrons. The highest BCUT2D eigenvalue weighted by Gasteiger charge is 2.48. The van der Waals surface area contributed by atoms with Crippen molar-refractivity contribution in [3.05, 3.63) is 47.1 Å². The summed E-state index contributed by atoms with van der Waals surface area (Å²) < 4.78 is 7.25. The van der Waals surface area contributed by atoms with Crippen LogP contribution in [0.1, 0.15) is 24.2 Å². The molecule has 10 heteroatoms. The molecule has 26 heavy (non-hydrogen) atoms. The standard InChI is InChI=1S/C16H12ClN7O2/c17-14-18-7-11-23(14)10-4-2-1-3-9(10)12-19-8-22(24(11)12)15-20-13(21-26-15)16(25)5-6-16/h1-4,7,25H,5-6,8H2. The Balaban J connectivity index is 1.49. The minimum Gasteiger partial charge on any atom is -0.382 e. The molecular formula is C16H12ClN7O2. The second kappa shape index (κ2) is 4.63. The molecule has 0 saturated heterocycles. The largest absolute Gasteiger partial charge is 0.382 e. The highest BCUT2D eigenvalue weighted by molar-refractivity contribution is 6.29. The first kappa shape index (κ1) is 14.3. The summed E-state index contributed by atoms with van der Waals surface area (Å²) in [7, 11) is 0. The van der Waals surface area contributed by atoms with Crippen molar-refractivity contribution in [3.8, 4) is 5.69 Å². The third-order valence-electron chi connectivity index (χ3n) is 4.88. The van der Waals surface area contributed by atoms with Gasteiger partial charge >= 0.3 is 6.01 Å². The van der Waals surface area contributed by atoms with Gasteiger partial charge in [-0.25, -0.2) is 20.0 Å². The number of rotatable bonds is 2. The van der Waals surface area contributed by atoms with Gasteiger partial charge in [0.1, 0.15) is 12.3 Å². The lowest BCUT2D eigenvalue weighted by Gasteiger charge is -2.33. The van der Waals surface area contributed by atoms with Crippen LogP contribution in [0.3, 0.4) is 0 Å². The molecule has 3 aromatic rings. The fourth-order valence-electron chi connectivity index (χ4n) is 3.36. The lowest BCUT2D eigenvalue weighted by atomic mass is 10.1.